The van der Waals surface area contributed by atoms with E-state index in [2.05, 4.69) is 35.4 Å². The molecule has 6 nitrogen and oxygen atoms in total. The van der Waals surface area contributed by atoms with E-state index in [-0.39, 0.29) is 5.56 Å². The predicted molar refractivity (Wildman–Crippen MR) is 105 cm³/mol. The summed E-state index contributed by atoms with van der Waals surface area (Å²) in [6.45, 7) is 11.7. The van der Waals surface area contributed by atoms with E-state index < -0.39 is 0 Å². The topological polar surface area (TPSA) is 66.8 Å². The van der Waals surface area contributed by atoms with Crippen LogP contribution in [0, 0.1) is 0 Å². The lowest BCUT2D eigenvalue weighted by Crippen LogP contribution is -2.29. The Morgan fingerprint density at radius 3 is 2.56 bits per heavy atom. The smallest absolute Gasteiger partial charge is 0.278 e. The van der Waals surface area contributed by atoms with Crippen molar-refractivity contribution in [2.24, 2.45) is 7.05 Å². The largest absolute Gasteiger partial charge is 0.342 e. The second kappa shape index (κ2) is 8.46. The van der Waals surface area contributed by atoms with Crippen LogP contribution in [0.15, 0.2) is 35.7 Å². The number of aryl methyl sites for hydroxylation is 1. The van der Waals surface area contributed by atoms with Crippen LogP contribution in [-0.4, -0.2) is 32.8 Å². The van der Waals surface area contributed by atoms with Crippen molar-refractivity contribution < 1.29 is 0 Å². The van der Waals surface area contributed by atoms with Crippen LogP contribution >= 0.6 is 0 Å². The fourth-order valence-corrected chi connectivity index (χ4v) is 2.82. The maximum absolute atomic E-state index is 12.6. The molecule has 0 aliphatic rings. The van der Waals surface area contributed by atoms with Crippen LogP contribution in [0.2, 0.25) is 0 Å². The molecule has 0 atom stereocenters. The molecule has 0 amide bonds. The maximum atomic E-state index is 12.6. The molecular weight excluding hydrogens is 314 g/mol. The number of rotatable bonds is 8. The Hall–Kier alpha value is -2.63. The van der Waals surface area contributed by atoms with Crippen molar-refractivity contribution in [2.75, 3.05) is 18.0 Å². The standard InChI is InChI=1S/C19H27N5O/c1-6-10-11-14(9-4)15-16-17(23(5)22-15)18(25)21-19(20-16)24(12-7-2)13-8-3/h6,9-11H,4,7-8,12-13H2,1-3,5H3,(H,20,21,25)/b10-6-,14-11+. The van der Waals surface area contributed by atoms with Gasteiger partial charge in [0.2, 0.25) is 5.95 Å². The first-order chi connectivity index (χ1) is 12.1. The fourth-order valence-electron chi connectivity index (χ4n) is 2.82. The molecule has 0 fully saturated rings. The Kier molecular flexibility index (Phi) is 6.33. The van der Waals surface area contributed by atoms with Crippen LogP contribution < -0.4 is 10.5 Å². The molecule has 0 bridgehead atoms. The number of fused-ring (bicyclic) bond motifs is 1. The van der Waals surface area contributed by atoms with E-state index in [1.54, 1.807) is 17.8 Å². The highest BCUT2D eigenvalue weighted by molar-refractivity contribution is 5.90. The van der Waals surface area contributed by atoms with Gasteiger partial charge >= 0.3 is 0 Å². The average Bonchev–Trinajstić information content (AvgIpc) is 2.92. The van der Waals surface area contributed by atoms with E-state index in [1.165, 1.54) is 0 Å². The second-order valence-corrected chi connectivity index (χ2v) is 5.90. The molecule has 0 saturated carbocycles. The van der Waals surface area contributed by atoms with Crippen molar-refractivity contribution in [3.05, 3.63) is 46.9 Å². The van der Waals surface area contributed by atoms with E-state index in [0.717, 1.165) is 31.5 Å². The number of hydrogen-bond donors (Lipinski definition) is 1. The van der Waals surface area contributed by atoms with E-state index in [9.17, 15) is 4.79 Å². The summed E-state index contributed by atoms with van der Waals surface area (Å²) in [4.78, 5) is 22.4. The van der Waals surface area contributed by atoms with Gasteiger partial charge in [-0.3, -0.25) is 14.5 Å². The Balaban J connectivity index is 2.70. The summed E-state index contributed by atoms with van der Waals surface area (Å²) < 4.78 is 1.58. The quantitative estimate of drug-likeness (QED) is 0.747. The van der Waals surface area contributed by atoms with Gasteiger partial charge in [-0.15, -0.1) is 0 Å². The molecule has 0 spiro atoms. The van der Waals surface area contributed by atoms with Crippen LogP contribution in [0.3, 0.4) is 0 Å². The van der Waals surface area contributed by atoms with Gasteiger partial charge < -0.3 is 4.90 Å². The lowest BCUT2D eigenvalue weighted by molar-refractivity contribution is 0.721. The third-order valence-corrected chi connectivity index (χ3v) is 3.93. The molecule has 2 aromatic heterocycles. The van der Waals surface area contributed by atoms with Gasteiger partial charge in [-0.25, -0.2) is 4.98 Å². The number of allylic oxidation sites excluding steroid dienone is 5. The highest BCUT2D eigenvalue weighted by atomic mass is 16.1. The lowest BCUT2D eigenvalue weighted by Gasteiger charge is -2.21. The van der Waals surface area contributed by atoms with Gasteiger partial charge in [-0.05, 0) is 19.8 Å². The molecule has 134 valence electrons. The third-order valence-electron chi connectivity index (χ3n) is 3.93. The van der Waals surface area contributed by atoms with Gasteiger partial charge in [-0.1, -0.05) is 44.7 Å². The van der Waals surface area contributed by atoms with Gasteiger partial charge in [0.15, 0.2) is 5.52 Å². The Morgan fingerprint density at radius 1 is 1.32 bits per heavy atom. The Labute approximate surface area is 148 Å². The first kappa shape index (κ1) is 18.7. The molecule has 0 aromatic carbocycles. The molecular formula is C19H27N5O. The predicted octanol–water partition coefficient (Wildman–Crippen LogP) is 3.43. The summed E-state index contributed by atoms with van der Waals surface area (Å²) in [5.41, 5.74) is 2.41. The van der Waals surface area contributed by atoms with E-state index in [1.807, 2.05) is 25.2 Å². The summed E-state index contributed by atoms with van der Waals surface area (Å²) in [5, 5.41) is 4.51. The summed E-state index contributed by atoms with van der Waals surface area (Å²) in [6, 6.07) is 0. The molecule has 25 heavy (non-hydrogen) atoms. The van der Waals surface area contributed by atoms with E-state index in [4.69, 9.17) is 4.98 Å². The number of nitrogens with zero attached hydrogens (tertiary/aromatic N) is 4. The minimum absolute atomic E-state index is 0.173. The van der Waals surface area contributed by atoms with Crippen molar-refractivity contribution in [3.63, 3.8) is 0 Å². The number of nitrogens with one attached hydrogen (secondary N) is 1. The normalized spacial score (nSPS) is 12.2. The SMILES string of the molecule is C=C/C(=C\C=C/C)c1nn(C)c2c(=O)[nH]c(N(CCC)CCC)nc12. The summed E-state index contributed by atoms with van der Waals surface area (Å²) in [6.07, 6.45) is 9.49. The monoisotopic (exact) mass is 341 g/mol. The molecule has 0 unspecified atom stereocenters. The second-order valence-electron chi connectivity index (χ2n) is 5.90. The highest BCUT2D eigenvalue weighted by Gasteiger charge is 2.18. The number of anilines is 1. The zero-order chi connectivity index (χ0) is 18.4. The minimum Gasteiger partial charge on any atom is -0.342 e. The van der Waals surface area contributed by atoms with E-state index >= 15 is 0 Å². The highest BCUT2D eigenvalue weighted by Crippen LogP contribution is 2.23. The Bertz CT molecular complexity index is 851. The van der Waals surface area contributed by atoms with Gasteiger partial charge in [0.1, 0.15) is 11.2 Å². The first-order valence-electron chi connectivity index (χ1n) is 8.75. The molecule has 2 aromatic rings. The molecule has 2 rings (SSSR count). The van der Waals surface area contributed by atoms with Crippen LogP contribution in [0.5, 0.6) is 0 Å². The summed E-state index contributed by atoms with van der Waals surface area (Å²) >= 11 is 0. The number of aromatic amines is 1. The zero-order valence-corrected chi connectivity index (χ0v) is 15.5. The Morgan fingerprint density at radius 2 is 2.00 bits per heavy atom. The summed E-state index contributed by atoms with van der Waals surface area (Å²) in [5.74, 6) is 0.602. The van der Waals surface area contributed by atoms with Crippen molar-refractivity contribution >= 4 is 22.6 Å². The number of H-pyrrole nitrogens is 1. The third kappa shape index (κ3) is 3.90. The molecule has 6 heteroatoms. The van der Waals surface area contributed by atoms with E-state index in [0.29, 0.717) is 22.7 Å². The zero-order valence-electron chi connectivity index (χ0n) is 15.5. The average molecular weight is 341 g/mol. The fraction of sp³-hybridized carbons (Fsp3) is 0.421. The number of aromatic nitrogens is 4. The van der Waals surface area contributed by atoms with Crippen molar-refractivity contribution in [3.8, 4) is 0 Å². The maximum Gasteiger partial charge on any atom is 0.278 e. The lowest BCUT2D eigenvalue weighted by atomic mass is 10.1. The van der Waals surface area contributed by atoms with Crippen LogP contribution in [0.25, 0.3) is 16.6 Å². The van der Waals surface area contributed by atoms with Gasteiger partial charge in [0, 0.05) is 25.7 Å². The minimum atomic E-state index is -0.173. The molecule has 0 aliphatic heterocycles. The molecule has 2 heterocycles. The van der Waals surface area contributed by atoms with Gasteiger partial charge in [-0.2, -0.15) is 5.10 Å². The van der Waals surface area contributed by atoms with Crippen molar-refractivity contribution in [2.45, 2.75) is 33.6 Å². The van der Waals surface area contributed by atoms with Crippen LogP contribution in [0.1, 0.15) is 39.3 Å². The summed E-state index contributed by atoms with van der Waals surface area (Å²) in [7, 11) is 1.76. The van der Waals surface area contributed by atoms with Crippen LogP contribution in [-0.2, 0) is 7.05 Å². The van der Waals surface area contributed by atoms with Crippen molar-refractivity contribution in [1.29, 1.82) is 0 Å². The van der Waals surface area contributed by atoms with Crippen LogP contribution in [0.4, 0.5) is 5.95 Å². The molecule has 0 radical (unpaired) electrons. The molecule has 0 saturated heterocycles. The van der Waals surface area contributed by atoms with Gasteiger partial charge in [0.05, 0.1) is 0 Å². The first-order valence-corrected chi connectivity index (χ1v) is 8.75. The van der Waals surface area contributed by atoms with Crippen molar-refractivity contribution in [1.82, 2.24) is 19.7 Å². The molecule has 0 aliphatic carbocycles. The number of hydrogen-bond acceptors (Lipinski definition) is 4. The molecule has 1 N–H and O–H groups in total. The van der Waals surface area contributed by atoms with Gasteiger partial charge in [0.25, 0.3) is 5.56 Å².